The molecule has 0 aliphatic carbocycles. The fourth-order valence-corrected chi connectivity index (χ4v) is 1.19. The van der Waals surface area contributed by atoms with Crippen molar-refractivity contribution in [1.29, 1.82) is 5.26 Å². The highest BCUT2D eigenvalue weighted by Crippen LogP contribution is 2.11. The van der Waals surface area contributed by atoms with Crippen molar-refractivity contribution in [2.45, 2.75) is 6.42 Å². The molecule has 0 unspecified atom stereocenters. The van der Waals surface area contributed by atoms with Gasteiger partial charge < -0.3 is 0 Å². The third kappa shape index (κ3) is 2.30. The molecule has 0 fully saturated rings. The molecular weight excluding hydrogens is 205 g/mol. The van der Waals surface area contributed by atoms with Gasteiger partial charge in [-0.15, -0.1) is 11.6 Å². The van der Waals surface area contributed by atoms with Gasteiger partial charge in [-0.3, -0.25) is 4.79 Å². The second-order valence-corrected chi connectivity index (χ2v) is 3.05. The van der Waals surface area contributed by atoms with Crippen LogP contribution < -0.4 is 0 Å². The van der Waals surface area contributed by atoms with Crippen LogP contribution in [0, 0.1) is 17.1 Å². The van der Waals surface area contributed by atoms with Crippen molar-refractivity contribution in [2.24, 2.45) is 0 Å². The molecular formula is C10H7ClFNO. The molecule has 1 rings (SSSR count). The molecule has 0 amide bonds. The molecule has 0 spiro atoms. The van der Waals surface area contributed by atoms with Gasteiger partial charge in [0.05, 0.1) is 5.56 Å². The summed E-state index contributed by atoms with van der Waals surface area (Å²) in [6, 6.07) is 5.38. The summed E-state index contributed by atoms with van der Waals surface area (Å²) in [4.78, 5) is 11.3. The summed E-state index contributed by atoms with van der Waals surface area (Å²) in [5.74, 6) is -0.579. The van der Waals surface area contributed by atoms with Crippen LogP contribution in [0.15, 0.2) is 18.2 Å². The number of Topliss-reactive ketones (excluding diaryl/α,β-unsaturated/α-hetero) is 1. The molecule has 72 valence electrons. The van der Waals surface area contributed by atoms with E-state index in [4.69, 9.17) is 16.9 Å². The van der Waals surface area contributed by atoms with Gasteiger partial charge in [0, 0.05) is 17.9 Å². The number of nitrogens with zero attached hydrogens (tertiary/aromatic N) is 1. The molecule has 1 aromatic rings. The van der Waals surface area contributed by atoms with E-state index in [1.54, 1.807) is 6.07 Å². The molecule has 2 nitrogen and oxygen atoms in total. The maximum Gasteiger partial charge on any atom is 0.164 e. The van der Waals surface area contributed by atoms with Crippen molar-refractivity contribution >= 4 is 17.4 Å². The first-order valence-corrected chi connectivity index (χ1v) is 4.51. The normalized spacial score (nSPS) is 9.50. The number of halogens is 2. The van der Waals surface area contributed by atoms with E-state index in [0.717, 1.165) is 6.07 Å². The SMILES string of the molecule is N#Cc1cc(C(=O)CCCl)ccc1F. The Bertz CT molecular complexity index is 398. The van der Waals surface area contributed by atoms with E-state index in [2.05, 4.69) is 0 Å². The molecule has 0 bridgehead atoms. The highest BCUT2D eigenvalue weighted by Gasteiger charge is 2.08. The van der Waals surface area contributed by atoms with Gasteiger partial charge in [-0.2, -0.15) is 5.26 Å². The van der Waals surface area contributed by atoms with Crippen LogP contribution in [0.2, 0.25) is 0 Å². The van der Waals surface area contributed by atoms with Crippen LogP contribution in [-0.4, -0.2) is 11.7 Å². The lowest BCUT2D eigenvalue weighted by atomic mass is 10.1. The summed E-state index contributed by atoms with van der Waals surface area (Å²) in [6.07, 6.45) is 0.193. The molecule has 1 aromatic carbocycles. The Morgan fingerprint density at radius 1 is 1.57 bits per heavy atom. The van der Waals surface area contributed by atoms with Gasteiger partial charge in [-0.05, 0) is 18.2 Å². The summed E-state index contributed by atoms with van der Waals surface area (Å²) < 4.78 is 12.9. The number of hydrogen-bond acceptors (Lipinski definition) is 2. The van der Waals surface area contributed by atoms with E-state index in [1.807, 2.05) is 0 Å². The number of alkyl halides is 1. The Morgan fingerprint density at radius 2 is 2.29 bits per heavy atom. The van der Waals surface area contributed by atoms with E-state index >= 15 is 0 Å². The summed E-state index contributed by atoms with van der Waals surface area (Å²) in [7, 11) is 0. The molecule has 0 heterocycles. The zero-order chi connectivity index (χ0) is 10.6. The number of carbonyl (C=O) groups is 1. The second-order valence-electron chi connectivity index (χ2n) is 2.67. The monoisotopic (exact) mass is 211 g/mol. The van der Waals surface area contributed by atoms with E-state index in [-0.39, 0.29) is 23.6 Å². The van der Waals surface area contributed by atoms with Crippen molar-refractivity contribution in [3.8, 4) is 6.07 Å². The number of nitriles is 1. The maximum atomic E-state index is 12.9. The number of benzene rings is 1. The van der Waals surface area contributed by atoms with E-state index in [0.29, 0.717) is 5.56 Å². The maximum absolute atomic E-state index is 12.9. The quantitative estimate of drug-likeness (QED) is 0.569. The zero-order valence-corrected chi connectivity index (χ0v) is 8.01. The summed E-state index contributed by atoms with van der Waals surface area (Å²) in [5, 5.41) is 8.53. The molecule has 0 aliphatic heterocycles. The van der Waals surface area contributed by atoms with E-state index in [1.165, 1.54) is 12.1 Å². The average molecular weight is 212 g/mol. The van der Waals surface area contributed by atoms with Crippen molar-refractivity contribution in [3.05, 3.63) is 35.1 Å². The van der Waals surface area contributed by atoms with Crippen LogP contribution in [0.4, 0.5) is 4.39 Å². The van der Waals surface area contributed by atoms with Crippen LogP contribution in [0.5, 0.6) is 0 Å². The molecule has 0 aromatic heterocycles. The number of rotatable bonds is 3. The predicted molar refractivity (Wildman–Crippen MR) is 50.8 cm³/mol. The summed E-state index contributed by atoms with van der Waals surface area (Å²) in [5.41, 5.74) is 0.203. The van der Waals surface area contributed by atoms with Crippen LogP contribution in [0.1, 0.15) is 22.3 Å². The minimum absolute atomic E-state index is 0.120. The minimum Gasteiger partial charge on any atom is -0.294 e. The van der Waals surface area contributed by atoms with Crippen molar-refractivity contribution in [3.63, 3.8) is 0 Å². The Balaban J connectivity index is 3.02. The van der Waals surface area contributed by atoms with Gasteiger partial charge in [0.1, 0.15) is 11.9 Å². The third-order valence-electron chi connectivity index (χ3n) is 1.73. The fraction of sp³-hybridized carbons (Fsp3) is 0.200. The zero-order valence-electron chi connectivity index (χ0n) is 7.26. The lowest BCUT2D eigenvalue weighted by molar-refractivity contribution is 0.0989. The average Bonchev–Trinajstić information content (AvgIpc) is 2.19. The van der Waals surface area contributed by atoms with Crippen LogP contribution in [-0.2, 0) is 0 Å². The molecule has 0 atom stereocenters. The van der Waals surface area contributed by atoms with Crippen LogP contribution in [0.3, 0.4) is 0 Å². The van der Waals surface area contributed by atoms with Gasteiger partial charge in [-0.1, -0.05) is 0 Å². The van der Waals surface area contributed by atoms with Gasteiger partial charge in [-0.25, -0.2) is 4.39 Å². The number of ketones is 1. The van der Waals surface area contributed by atoms with Gasteiger partial charge in [0.15, 0.2) is 5.78 Å². The Morgan fingerprint density at radius 3 is 2.86 bits per heavy atom. The van der Waals surface area contributed by atoms with Gasteiger partial charge in [0.2, 0.25) is 0 Å². The number of carbonyl (C=O) groups excluding carboxylic acids is 1. The molecule has 0 N–H and O–H groups in total. The molecule has 0 saturated carbocycles. The first kappa shape index (κ1) is 10.7. The summed E-state index contributed by atoms with van der Waals surface area (Å²) >= 11 is 5.39. The van der Waals surface area contributed by atoms with E-state index < -0.39 is 5.82 Å². The van der Waals surface area contributed by atoms with Gasteiger partial charge in [0.25, 0.3) is 0 Å². The predicted octanol–water partition coefficient (Wildman–Crippen LogP) is 2.51. The molecule has 0 radical (unpaired) electrons. The van der Waals surface area contributed by atoms with Gasteiger partial charge >= 0.3 is 0 Å². The highest BCUT2D eigenvalue weighted by molar-refractivity contribution is 6.19. The third-order valence-corrected chi connectivity index (χ3v) is 1.92. The van der Waals surface area contributed by atoms with E-state index in [9.17, 15) is 9.18 Å². The second kappa shape index (κ2) is 4.73. The first-order valence-electron chi connectivity index (χ1n) is 3.98. The van der Waals surface area contributed by atoms with Crippen LogP contribution >= 0.6 is 11.6 Å². The fourth-order valence-electron chi connectivity index (χ4n) is 1.01. The molecule has 0 aliphatic rings. The molecule has 4 heteroatoms. The Kier molecular flexibility index (Phi) is 3.61. The van der Waals surface area contributed by atoms with Crippen LogP contribution in [0.25, 0.3) is 0 Å². The lowest BCUT2D eigenvalue weighted by Crippen LogP contribution is -2.00. The van der Waals surface area contributed by atoms with Crippen molar-refractivity contribution < 1.29 is 9.18 Å². The topological polar surface area (TPSA) is 40.9 Å². The Hall–Kier alpha value is -1.40. The summed E-state index contributed by atoms with van der Waals surface area (Å²) in [6.45, 7) is 0. The lowest BCUT2D eigenvalue weighted by Gasteiger charge is -1.99. The standard InChI is InChI=1S/C10H7ClFNO/c11-4-3-10(14)7-1-2-9(12)8(5-7)6-13/h1-2,5H,3-4H2. The van der Waals surface area contributed by atoms with Crippen molar-refractivity contribution in [1.82, 2.24) is 0 Å². The Labute approximate surface area is 85.9 Å². The minimum atomic E-state index is -0.616. The smallest absolute Gasteiger partial charge is 0.164 e. The highest BCUT2D eigenvalue weighted by atomic mass is 35.5. The first-order chi connectivity index (χ1) is 6.69. The van der Waals surface area contributed by atoms with Crippen molar-refractivity contribution in [2.75, 3.05) is 5.88 Å². The number of hydrogen-bond donors (Lipinski definition) is 0. The molecule has 14 heavy (non-hydrogen) atoms. The molecule has 0 saturated heterocycles. The largest absolute Gasteiger partial charge is 0.294 e.